The summed E-state index contributed by atoms with van der Waals surface area (Å²) in [6.07, 6.45) is 1.60. The Hall–Kier alpha value is -3.00. The highest BCUT2D eigenvalue weighted by molar-refractivity contribution is 7.71. The molecule has 0 spiro atoms. The number of H-pyrrole nitrogens is 1. The quantitative estimate of drug-likeness (QED) is 0.559. The first-order valence-corrected chi connectivity index (χ1v) is 7.73. The average molecular weight is 358 g/mol. The summed E-state index contributed by atoms with van der Waals surface area (Å²) in [7, 11) is 3.13. The van der Waals surface area contributed by atoms with Crippen LogP contribution >= 0.6 is 12.2 Å². The molecule has 6 nitrogen and oxygen atoms in total. The molecule has 1 aromatic heterocycles. The lowest BCUT2D eigenvalue weighted by Crippen LogP contribution is -1.98. The van der Waals surface area contributed by atoms with Crippen molar-refractivity contribution in [2.45, 2.75) is 0 Å². The van der Waals surface area contributed by atoms with E-state index < -0.39 is 0 Å². The number of nitrogens with one attached hydrogen (secondary N) is 1. The highest BCUT2D eigenvalue weighted by Crippen LogP contribution is 2.29. The number of para-hydroxylation sites is 1. The van der Waals surface area contributed by atoms with Gasteiger partial charge in [0.05, 0.1) is 20.4 Å². The number of rotatable bonds is 5. The Morgan fingerprint density at radius 1 is 1.16 bits per heavy atom. The normalized spacial score (nSPS) is 11.0. The molecule has 0 amide bonds. The number of nitrogens with zero attached hydrogens (tertiary/aromatic N) is 3. The number of halogens is 1. The Kier molecular flexibility index (Phi) is 4.90. The summed E-state index contributed by atoms with van der Waals surface area (Å²) in [5.74, 6) is 1.31. The first-order valence-electron chi connectivity index (χ1n) is 7.32. The SMILES string of the molecule is COc1cccc(C=Nn2c(-c3ccc(F)cc3)n[nH]c2=S)c1OC. The lowest BCUT2D eigenvalue weighted by atomic mass is 10.2. The van der Waals surface area contributed by atoms with E-state index in [1.807, 2.05) is 12.1 Å². The van der Waals surface area contributed by atoms with Gasteiger partial charge < -0.3 is 9.47 Å². The molecule has 128 valence electrons. The van der Waals surface area contributed by atoms with Gasteiger partial charge in [-0.1, -0.05) is 6.07 Å². The van der Waals surface area contributed by atoms with Crippen LogP contribution in [-0.2, 0) is 0 Å². The van der Waals surface area contributed by atoms with Crippen LogP contribution in [0.1, 0.15) is 5.56 Å². The van der Waals surface area contributed by atoms with Crippen molar-refractivity contribution in [3.63, 3.8) is 0 Å². The molecule has 0 radical (unpaired) electrons. The lowest BCUT2D eigenvalue weighted by Gasteiger charge is -2.09. The number of benzene rings is 2. The van der Waals surface area contributed by atoms with Crippen molar-refractivity contribution in [2.24, 2.45) is 5.10 Å². The molecule has 1 N–H and O–H groups in total. The van der Waals surface area contributed by atoms with E-state index in [1.54, 1.807) is 38.6 Å². The van der Waals surface area contributed by atoms with Crippen molar-refractivity contribution in [1.29, 1.82) is 0 Å². The van der Waals surface area contributed by atoms with Crippen LogP contribution in [0.2, 0.25) is 0 Å². The van der Waals surface area contributed by atoms with E-state index in [9.17, 15) is 4.39 Å². The van der Waals surface area contributed by atoms with Crippen molar-refractivity contribution in [3.05, 3.63) is 58.6 Å². The van der Waals surface area contributed by atoms with Crippen molar-refractivity contribution < 1.29 is 13.9 Å². The minimum absolute atomic E-state index is 0.317. The molecule has 0 bridgehead atoms. The van der Waals surface area contributed by atoms with Crippen molar-refractivity contribution in [3.8, 4) is 22.9 Å². The molecular formula is C17H15FN4O2S. The van der Waals surface area contributed by atoms with E-state index in [4.69, 9.17) is 21.7 Å². The van der Waals surface area contributed by atoms with E-state index in [1.165, 1.54) is 16.8 Å². The summed E-state index contributed by atoms with van der Waals surface area (Å²) in [5, 5.41) is 11.2. The van der Waals surface area contributed by atoms with Crippen LogP contribution in [-0.4, -0.2) is 35.3 Å². The van der Waals surface area contributed by atoms with Gasteiger partial charge in [0, 0.05) is 11.1 Å². The van der Waals surface area contributed by atoms with Crippen LogP contribution in [0, 0.1) is 10.6 Å². The Morgan fingerprint density at radius 3 is 2.60 bits per heavy atom. The minimum atomic E-state index is -0.325. The van der Waals surface area contributed by atoms with Gasteiger partial charge in [0.25, 0.3) is 0 Å². The molecule has 0 saturated carbocycles. The van der Waals surface area contributed by atoms with Gasteiger partial charge in [0.2, 0.25) is 4.77 Å². The van der Waals surface area contributed by atoms with E-state index in [0.29, 0.717) is 27.7 Å². The van der Waals surface area contributed by atoms with Crippen molar-refractivity contribution in [2.75, 3.05) is 14.2 Å². The molecule has 2 aromatic carbocycles. The number of methoxy groups -OCH3 is 2. The number of aromatic amines is 1. The fourth-order valence-electron chi connectivity index (χ4n) is 2.32. The van der Waals surface area contributed by atoms with Crippen molar-refractivity contribution >= 4 is 18.4 Å². The first kappa shape index (κ1) is 16.8. The second-order valence-corrected chi connectivity index (χ2v) is 5.39. The fourth-order valence-corrected chi connectivity index (χ4v) is 2.50. The average Bonchev–Trinajstić information content (AvgIpc) is 3.00. The van der Waals surface area contributed by atoms with Crippen molar-refractivity contribution in [1.82, 2.24) is 14.9 Å². The zero-order valence-corrected chi connectivity index (χ0v) is 14.4. The molecule has 1 heterocycles. The third-order valence-corrected chi connectivity index (χ3v) is 3.76. The summed E-state index contributed by atoms with van der Waals surface area (Å²) < 4.78 is 25.6. The number of hydrogen-bond acceptors (Lipinski definition) is 5. The largest absolute Gasteiger partial charge is 0.493 e. The molecule has 25 heavy (non-hydrogen) atoms. The van der Waals surface area contributed by atoms with Crippen LogP contribution < -0.4 is 9.47 Å². The van der Waals surface area contributed by atoms with Crippen LogP contribution in [0.15, 0.2) is 47.6 Å². The highest BCUT2D eigenvalue weighted by Gasteiger charge is 2.10. The molecule has 8 heteroatoms. The Morgan fingerprint density at radius 2 is 1.92 bits per heavy atom. The maximum Gasteiger partial charge on any atom is 0.216 e. The zero-order valence-electron chi connectivity index (χ0n) is 13.6. The first-order chi connectivity index (χ1) is 12.1. The zero-order chi connectivity index (χ0) is 17.8. The van der Waals surface area contributed by atoms with E-state index in [-0.39, 0.29) is 5.82 Å². The molecule has 0 unspecified atom stereocenters. The van der Waals surface area contributed by atoms with E-state index >= 15 is 0 Å². The Labute approximate surface area is 148 Å². The van der Waals surface area contributed by atoms with Crippen LogP contribution in [0.5, 0.6) is 11.5 Å². The third-order valence-electron chi connectivity index (χ3n) is 3.50. The van der Waals surface area contributed by atoms with Gasteiger partial charge in [-0.05, 0) is 48.6 Å². The van der Waals surface area contributed by atoms with Gasteiger partial charge >= 0.3 is 0 Å². The molecule has 0 aliphatic rings. The molecular weight excluding hydrogens is 343 g/mol. The molecule has 3 aromatic rings. The monoisotopic (exact) mass is 358 g/mol. The van der Waals surface area contributed by atoms with Gasteiger partial charge in [-0.3, -0.25) is 0 Å². The molecule has 0 aliphatic heterocycles. The van der Waals surface area contributed by atoms with Gasteiger partial charge in [-0.2, -0.15) is 14.9 Å². The van der Waals surface area contributed by atoms with E-state index in [0.717, 1.165) is 5.56 Å². The molecule has 0 saturated heterocycles. The summed E-state index contributed by atoms with van der Waals surface area (Å²) in [6.45, 7) is 0. The van der Waals surface area contributed by atoms with Crippen LogP contribution in [0.4, 0.5) is 4.39 Å². The predicted molar refractivity (Wildman–Crippen MR) is 95.3 cm³/mol. The summed E-state index contributed by atoms with van der Waals surface area (Å²) >= 11 is 5.23. The summed E-state index contributed by atoms with van der Waals surface area (Å²) in [6, 6.07) is 11.4. The Balaban J connectivity index is 2.02. The predicted octanol–water partition coefficient (Wildman–Crippen LogP) is 3.65. The van der Waals surface area contributed by atoms with E-state index in [2.05, 4.69) is 15.3 Å². The number of ether oxygens (including phenoxy) is 2. The fraction of sp³-hybridized carbons (Fsp3) is 0.118. The topological polar surface area (TPSA) is 64.4 Å². The van der Waals surface area contributed by atoms with Gasteiger partial charge in [-0.15, -0.1) is 0 Å². The molecule has 0 aliphatic carbocycles. The number of aromatic nitrogens is 3. The minimum Gasteiger partial charge on any atom is -0.493 e. The molecule has 0 atom stereocenters. The van der Waals surface area contributed by atoms with Crippen LogP contribution in [0.3, 0.4) is 0 Å². The smallest absolute Gasteiger partial charge is 0.216 e. The summed E-state index contributed by atoms with van der Waals surface area (Å²) in [5.41, 5.74) is 1.40. The number of hydrogen-bond donors (Lipinski definition) is 1. The van der Waals surface area contributed by atoms with Gasteiger partial charge in [0.15, 0.2) is 17.3 Å². The standard InChI is InChI=1S/C17H15FN4O2S/c1-23-14-5-3-4-12(15(14)24-2)10-19-22-16(20-21-17(22)25)11-6-8-13(18)9-7-11/h3-10H,1-2H3,(H,21,25). The lowest BCUT2D eigenvalue weighted by molar-refractivity contribution is 0.354. The summed E-state index contributed by atoms with van der Waals surface area (Å²) in [4.78, 5) is 0. The maximum atomic E-state index is 13.1. The van der Waals surface area contributed by atoms with Gasteiger partial charge in [0.1, 0.15) is 5.82 Å². The van der Waals surface area contributed by atoms with Gasteiger partial charge in [-0.25, -0.2) is 9.49 Å². The molecule has 3 rings (SSSR count). The highest BCUT2D eigenvalue weighted by atomic mass is 32.1. The van der Waals surface area contributed by atoms with Crippen LogP contribution in [0.25, 0.3) is 11.4 Å². The second-order valence-electron chi connectivity index (χ2n) is 5.00. The Bertz CT molecular complexity index is 964. The maximum absolute atomic E-state index is 13.1. The third kappa shape index (κ3) is 3.43. The second kappa shape index (κ2) is 7.27. The molecule has 0 fully saturated rings.